The highest BCUT2D eigenvalue weighted by Gasteiger charge is 2.03. The lowest BCUT2D eigenvalue weighted by molar-refractivity contribution is 0.628. The molecule has 2 rings (SSSR count). The van der Waals surface area contributed by atoms with Crippen LogP contribution in [-0.2, 0) is 0 Å². The van der Waals surface area contributed by atoms with Gasteiger partial charge in [-0.3, -0.25) is 4.98 Å². The van der Waals surface area contributed by atoms with Crippen LogP contribution in [0.2, 0.25) is 0 Å². The number of halogens is 2. The maximum Gasteiger partial charge on any atom is 0.123 e. The maximum atomic E-state index is 12.9. The van der Waals surface area contributed by atoms with Gasteiger partial charge in [-0.25, -0.2) is 4.39 Å². The molecule has 0 aliphatic heterocycles. The minimum Gasteiger partial charge on any atom is -0.255 e. The molecular formula is C11H7BrFN. The van der Waals surface area contributed by atoms with Crippen LogP contribution in [0.25, 0.3) is 11.3 Å². The fourth-order valence-corrected chi connectivity index (χ4v) is 1.72. The van der Waals surface area contributed by atoms with E-state index in [4.69, 9.17) is 0 Å². The molecule has 1 aromatic carbocycles. The van der Waals surface area contributed by atoms with E-state index in [1.54, 1.807) is 12.3 Å². The molecule has 0 saturated heterocycles. The van der Waals surface area contributed by atoms with E-state index in [0.717, 1.165) is 15.7 Å². The van der Waals surface area contributed by atoms with Crippen LogP contribution in [0.3, 0.4) is 0 Å². The van der Waals surface area contributed by atoms with Gasteiger partial charge in [0.2, 0.25) is 0 Å². The van der Waals surface area contributed by atoms with Crippen molar-refractivity contribution in [3.05, 3.63) is 52.9 Å². The number of hydrogen-bond acceptors (Lipinski definition) is 1. The summed E-state index contributed by atoms with van der Waals surface area (Å²) in [5.74, 6) is -0.250. The highest BCUT2D eigenvalue weighted by molar-refractivity contribution is 9.10. The number of rotatable bonds is 1. The Balaban J connectivity index is 2.55. The summed E-state index contributed by atoms with van der Waals surface area (Å²) in [6.07, 6.45) is 1.69. The first kappa shape index (κ1) is 9.34. The third kappa shape index (κ3) is 1.82. The Morgan fingerprint density at radius 2 is 2.00 bits per heavy atom. The van der Waals surface area contributed by atoms with Gasteiger partial charge in [-0.2, -0.15) is 0 Å². The second-order valence-electron chi connectivity index (χ2n) is 2.84. The molecule has 0 unspecified atom stereocenters. The second kappa shape index (κ2) is 3.88. The molecule has 70 valence electrons. The van der Waals surface area contributed by atoms with Crippen LogP contribution in [-0.4, -0.2) is 4.98 Å². The second-order valence-corrected chi connectivity index (χ2v) is 3.70. The molecular weight excluding hydrogens is 245 g/mol. The normalized spacial score (nSPS) is 10.1. The van der Waals surface area contributed by atoms with Crippen LogP contribution in [0, 0.1) is 5.82 Å². The van der Waals surface area contributed by atoms with Gasteiger partial charge in [0, 0.05) is 16.2 Å². The Hall–Kier alpha value is -1.22. The average molecular weight is 252 g/mol. The average Bonchev–Trinajstić information content (AvgIpc) is 2.18. The van der Waals surface area contributed by atoms with Crippen molar-refractivity contribution in [2.75, 3.05) is 0 Å². The molecule has 0 fully saturated rings. The molecule has 0 aliphatic carbocycles. The van der Waals surface area contributed by atoms with E-state index in [2.05, 4.69) is 20.9 Å². The molecule has 0 bridgehead atoms. The number of aromatic nitrogens is 1. The molecule has 2 aromatic rings. The van der Waals surface area contributed by atoms with Crippen molar-refractivity contribution >= 4 is 15.9 Å². The number of nitrogens with zero attached hydrogens (tertiary/aromatic N) is 1. The van der Waals surface area contributed by atoms with Crippen molar-refractivity contribution < 1.29 is 4.39 Å². The molecule has 1 aromatic heterocycles. The van der Waals surface area contributed by atoms with Crippen LogP contribution >= 0.6 is 15.9 Å². The fraction of sp³-hybridized carbons (Fsp3) is 0. The van der Waals surface area contributed by atoms with Gasteiger partial charge in [-0.05, 0) is 40.2 Å². The Bertz CT molecular complexity index is 457. The van der Waals surface area contributed by atoms with Gasteiger partial charge in [-0.1, -0.05) is 12.1 Å². The standard InChI is InChI=1S/C11H7BrFN/c12-10-5-2-6-14-11(10)8-3-1-4-9(13)7-8/h1-7H. The number of pyridine rings is 1. The quantitative estimate of drug-likeness (QED) is 0.754. The van der Waals surface area contributed by atoms with Crippen LogP contribution < -0.4 is 0 Å². The lowest BCUT2D eigenvalue weighted by atomic mass is 10.1. The van der Waals surface area contributed by atoms with Crippen molar-refractivity contribution in [3.8, 4) is 11.3 Å². The third-order valence-electron chi connectivity index (χ3n) is 1.86. The highest BCUT2D eigenvalue weighted by atomic mass is 79.9. The van der Waals surface area contributed by atoms with E-state index < -0.39 is 0 Å². The lowest BCUT2D eigenvalue weighted by Crippen LogP contribution is -1.85. The zero-order valence-corrected chi connectivity index (χ0v) is 8.83. The highest BCUT2D eigenvalue weighted by Crippen LogP contribution is 2.25. The van der Waals surface area contributed by atoms with Gasteiger partial charge < -0.3 is 0 Å². The van der Waals surface area contributed by atoms with Gasteiger partial charge in [0.25, 0.3) is 0 Å². The zero-order valence-electron chi connectivity index (χ0n) is 7.24. The van der Waals surface area contributed by atoms with Crippen LogP contribution in [0.4, 0.5) is 4.39 Å². The maximum absolute atomic E-state index is 12.9. The van der Waals surface area contributed by atoms with Crippen molar-refractivity contribution in [2.45, 2.75) is 0 Å². The van der Waals surface area contributed by atoms with Gasteiger partial charge in [0.05, 0.1) is 5.69 Å². The van der Waals surface area contributed by atoms with E-state index in [9.17, 15) is 4.39 Å². The van der Waals surface area contributed by atoms with E-state index in [0.29, 0.717) is 0 Å². The van der Waals surface area contributed by atoms with Gasteiger partial charge >= 0.3 is 0 Å². The van der Waals surface area contributed by atoms with Crippen LogP contribution in [0.1, 0.15) is 0 Å². The fourth-order valence-electron chi connectivity index (χ4n) is 1.23. The molecule has 0 radical (unpaired) electrons. The van der Waals surface area contributed by atoms with Crippen molar-refractivity contribution in [1.29, 1.82) is 0 Å². The summed E-state index contributed by atoms with van der Waals surface area (Å²) in [4.78, 5) is 4.18. The molecule has 0 N–H and O–H groups in total. The zero-order chi connectivity index (χ0) is 9.97. The SMILES string of the molecule is Fc1cccc(-c2ncccc2Br)c1. The summed E-state index contributed by atoms with van der Waals surface area (Å²) in [5.41, 5.74) is 1.53. The number of hydrogen-bond donors (Lipinski definition) is 0. The van der Waals surface area contributed by atoms with Crippen molar-refractivity contribution in [3.63, 3.8) is 0 Å². The van der Waals surface area contributed by atoms with Gasteiger partial charge in [-0.15, -0.1) is 0 Å². The number of benzene rings is 1. The Labute approximate surface area is 89.7 Å². The third-order valence-corrected chi connectivity index (χ3v) is 2.50. The first-order valence-corrected chi connectivity index (χ1v) is 4.93. The molecule has 0 aliphatic rings. The molecule has 0 spiro atoms. The molecule has 0 atom stereocenters. The minimum atomic E-state index is -0.250. The van der Waals surface area contributed by atoms with Crippen molar-refractivity contribution in [1.82, 2.24) is 4.98 Å². The van der Waals surface area contributed by atoms with E-state index in [1.165, 1.54) is 12.1 Å². The summed E-state index contributed by atoms with van der Waals surface area (Å²) >= 11 is 3.37. The first-order chi connectivity index (χ1) is 6.77. The Morgan fingerprint density at radius 1 is 1.14 bits per heavy atom. The van der Waals surface area contributed by atoms with Crippen LogP contribution in [0.15, 0.2) is 47.1 Å². The molecule has 0 saturated carbocycles. The first-order valence-electron chi connectivity index (χ1n) is 4.14. The summed E-state index contributed by atoms with van der Waals surface area (Å²) in [5, 5.41) is 0. The van der Waals surface area contributed by atoms with Gasteiger partial charge in [0.1, 0.15) is 5.82 Å². The molecule has 1 nitrogen and oxygen atoms in total. The van der Waals surface area contributed by atoms with E-state index in [-0.39, 0.29) is 5.82 Å². The summed E-state index contributed by atoms with van der Waals surface area (Å²) < 4.78 is 13.8. The minimum absolute atomic E-state index is 0.250. The summed E-state index contributed by atoms with van der Waals surface area (Å²) in [6, 6.07) is 10.1. The van der Waals surface area contributed by atoms with E-state index >= 15 is 0 Å². The van der Waals surface area contributed by atoms with Gasteiger partial charge in [0.15, 0.2) is 0 Å². The lowest BCUT2D eigenvalue weighted by Gasteiger charge is -2.02. The monoisotopic (exact) mass is 251 g/mol. The largest absolute Gasteiger partial charge is 0.255 e. The summed E-state index contributed by atoms with van der Waals surface area (Å²) in [7, 11) is 0. The van der Waals surface area contributed by atoms with Crippen molar-refractivity contribution in [2.24, 2.45) is 0 Å². The Kier molecular flexibility index (Phi) is 2.59. The Morgan fingerprint density at radius 3 is 2.71 bits per heavy atom. The van der Waals surface area contributed by atoms with Crippen LogP contribution in [0.5, 0.6) is 0 Å². The topological polar surface area (TPSA) is 12.9 Å². The van der Waals surface area contributed by atoms with E-state index in [1.807, 2.05) is 18.2 Å². The molecule has 14 heavy (non-hydrogen) atoms. The summed E-state index contributed by atoms with van der Waals surface area (Å²) in [6.45, 7) is 0. The molecule has 0 amide bonds. The predicted molar refractivity (Wildman–Crippen MR) is 57.3 cm³/mol. The molecule has 3 heteroatoms. The molecule has 1 heterocycles. The predicted octanol–water partition coefficient (Wildman–Crippen LogP) is 3.65. The smallest absolute Gasteiger partial charge is 0.123 e.